The maximum absolute atomic E-state index is 14.5. The summed E-state index contributed by atoms with van der Waals surface area (Å²) in [6, 6.07) is 19.7. The van der Waals surface area contributed by atoms with Gasteiger partial charge in [-0.3, -0.25) is 0 Å². The number of fused-ring (bicyclic) bond motifs is 1. The molecule has 0 fully saturated rings. The van der Waals surface area contributed by atoms with Crippen molar-refractivity contribution in [2.45, 2.75) is 18.2 Å². The van der Waals surface area contributed by atoms with Crippen LogP contribution >= 0.6 is 34.8 Å². The van der Waals surface area contributed by atoms with E-state index in [0.717, 1.165) is 10.9 Å². The van der Waals surface area contributed by atoms with Crippen LogP contribution in [-0.2, 0) is 10.4 Å². The normalized spacial score (nSPS) is 17.3. The van der Waals surface area contributed by atoms with E-state index < -0.39 is 18.2 Å². The molecular formula is C27H15Cl3F3N5O. The molecule has 6 nitrogen and oxygen atoms in total. The lowest BCUT2D eigenvalue weighted by molar-refractivity contribution is -0.275. The first kappa shape index (κ1) is 25.6. The Bertz CT molecular complexity index is 1750. The van der Waals surface area contributed by atoms with E-state index in [2.05, 4.69) is 20.5 Å². The van der Waals surface area contributed by atoms with Gasteiger partial charge >= 0.3 is 6.18 Å². The van der Waals surface area contributed by atoms with Crippen LogP contribution < -0.4 is 0 Å². The Morgan fingerprint density at radius 3 is 2.23 bits per heavy atom. The van der Waals surface area contributed by atoms with Gasteiger partial charge in [0.25, 0.3) is 5.60 Å². The van der Waals surface area contributed by atoms with Crippen LogP contribution in [0.2, 0.25) is 15.2 Å². The summed E-state index contributed by atoms with van der Waals surface area (Å²) in [5, 5.41) is 14.2. The van der Waals surface area contributed by atoms with Gasteiger partial charge in [0.15, 0.2) is 5.82 Å². The Hall–Kier alpha value is -3.66. The standard InChI is InChI=1S/C27H15Cl3F3N5O/c28-16-10-15(11-17(29)12-16)26(27(31,32)33)13-22(36-39-26)20-8-9-21(19-5-2-1-4-18(19)20)23-14-38(37-35-23)25-7-3-6-24(30)34-25/h1-12,14H,13H2. The molecule has 5 aromatic rings. The number of benzene rings is 3. The molecule has 12 heteroatoms. The molecule has 196 valence electrons. The number of pyridine rings is 1. The highest BCUT2D eigenvalue weighted by atomic mass is 35.5. The highest BCUT2D eigenvalue weighted by Crippen LogP contribution is 2.50. The molecule has 0 saturated heterocycles. The first-order valence-corrected chi connectivity index (χ1v) is 12.6. The first-order valence-electron chi connectivity index (χ1n) is 11.5. The van der Waals surface area contributed by atoms with Gasteiger partial charge in [-0.05, 0) is 41.1 Å². The van der Waals surface area contributed by atoms with Crippen LogP contribution in [0.5, 0.6) is 0 Å². The largest absolute Gasteiger partial charge is 0.435 e. The zero-order valence-electron chi connectivity index (χ0n) is 19.6. The van der Waals surface area contributed by atoms with Gasteiger partial charge in [0.2, 0.25) is 0 Å². The van der Waals surface area contributed by atoms with E-state index in [1.807, 2.05) is 18.2 Å². The predicted octanol–water partition coefficient (Wildman–Crippen LogP) is 8.02. The van der Waals surface area contributed by atoms with Crippen LogP contribution in [0.3, 0.4) is 0 Å². The fraction of sp³-hybridized carbons (Fsp3) is 0.111. The maximum Gasteiger partial charge on any atom is 0.435 e. The lowest BCUT2D eigenvalue weighted by Crippen LogP contribution is -2.42. The third kappa shape index (κ3) is 4.50. The predicted molar refractivity (Wildman–Crippen MR) is 144 cm³/mol. The van der Waals surface area contributed by atoms with Crippen LogP contribution in [0.25, 0.3) is 27.8 Å². The topological polar surface area (TPSA) is 65.2 Å². The number of halogens is 6. The molecule has 0 radical (unpaired) electrons. The second-order valence-electron chi connectivity index (χ2n) is 8.86. The summed E-state index contributed by atoms with van der Waals surface area (Å²) >= 11 is 18.1. The fourth-order valence-electron chi connectivity index (χ4n) is 4.63. The molecule has 1 aliphatic heterocycles. The number of hydrogen-bond donors (Lipinski definition) is 0. The molecule has 3 aromatic carbocycles. The highest BCUT2D eigenvalue weighted by Gasteiger charge is 2.62. The van der Waals surface area contributed by atoms with Gasteiger partial charge in [0.1, 0.15) is 10.8 Å². The highest BCUT2D eigenvalue weighted by molar-refractivity contribution is 6.34. The first-order chi connectivity index (χ1) is 18.6. The van der Waals surface area contributed by atoms with Gasteiger partial charge in [-0.1, -0.05) is 87.6 Å². The van der Waals surface area contributed by atoms with Crippen molar-refractivity contribution in [1.29, 1.82) is 0 Å². The van der Waals surface area contributed by atoms with E-state index in [9.17, 15) is 13.2 Å². The molecule has 0 aliphatic carbocycles. The van der Waals surface area contributed by atoms with E-state index in [-0.39, 0.29) is 21.3 Å². The van der Waals surface area contributed by atoms with Gasteiger partial charge in [-0.15, -0.1) is 5.10 Å². The Labute approximate surface area is 234 Å². The molecule has 0 N–H and O–H groups in total. The lowest BCUT2D eigenvalue weighted by Gasteiger charge is -2.29. The Morgan fingerprint density at radius 1 is 0.846 bits per heavy atom. The zero-order valence-corrected chi connectivity index (χ0v) is 21.9. The van der Waals surface area contributed by atoms with E-state index in [0.29, 0.717) is 27.6 Å². The van der Waals surface area contributed by atoms with E-state index in [4.69, 9.17) is 39.6 Å². The fourth-order valence-corrected chi connectivity index (χ4v) is 5.32. The number of alkyl halides is 3. The van der Waals surface area contributed by atoms with E-state index >= 15 is 0 Å². The number of nitrogens with zero attached hydrogens (tertiary/aromatic N) is 5. The minimum atomic E-state index is -4.80. The molecule has 0 saturated carbocycles. The summed E-state index contributed by atoms with van der Waals surface area (Å²) in [6.45, 7) is 0. The molecule has 1 atom stereocenters. The summed E-state index contributed by atoms with van der Waals surface area (Å²) in [4.78, 5) is 9.43. The van der Waals surface area contributed by atoms with Crippen LogP contribution in [-0.4, -0.2) is 31.9 Å². The van der Waals surface area contributed by atoms with Crippen LogP contribution in [0, 0.1) is 0 Å². The summed E-state index contributed by atoms with van der Waals surface area (Å²) in [5.74, 6) is 0.490. The van der Waals surface area contributed by atoms with Crippen molar-refractivity contribution >= 4 is 51.3 Å². The SMILES string of the molecule is FC(F)(F)C1(c2cc(Cl)cc(Cl)c2)CC(c2ccc(-c3cn(-c4cccc(Cl)n4)nn3)c3ccccc23)=NO1. The minimum absolute atomic E-state index is 0.0639. The van der Waals surface area contributed by atoms with Crippen molar-refractivity contribution in [3.05, 3.63) is 105 Å². The molecule has 0 amide bonds. The smallest absolute Gasteiger partial charge is 0.374 e. The average molecular weight is 589 g/mol. The van der Waals surface area contributed by atoms with Crippen molar-refractivity contribution < 1.29 is 18.0 Å². The van der Waals surface area contributed by atoms with E-state index in [1.165, 1.54) is 22.9 Å². The molecule has 1 unspecified atom stereocenters. The van der Waals surface area contributed by atoms with Crippen LogP contribution in [0.4, 0.5) is 13.2 Å². The average Bonchev–Trinajstić information content (AvgIpc) is 3.56. The maximum atomic E-state index is 14.5. The number of oxime groups is 1. The Morgan fingerprint density at radius 2 is 1.54 bits per heavy atom. The van der Waals surface area contributed by atoms with Gasteiger partial charge < -0.3 is 4.84 Å². The number of rotatable bonds is 4. The Kier molecular flexibility index (Phi) is 6.25. The summed E-state index contributed by atoms with van der Waals surface area (Å²) in [5.41, 5.74) is -1.05. The molecule has 1 aliphatic rings. The molecule has 39 heavy (non-hydrogen) atoms. The lowest BCUT2D eigenvalue weighted by atomic mass is 9.85. The molecular weight excluding hydrogens is 574 g/mol. The van der Waals surface area contributed by atoms with Gasteiger partial charge in [-0.25, -0.2) is 9.67 Å². The minimum Gasteiger partial charge on any atom is -0.374 e. The van der Waals surface area contributed by atoms with Crippen molar-refractivity contribution in [3.63, 3.8) is 0 Å². The van der Waals surface area contributed by atoms with Gasteiger partial charge in [-0.2, -0.15) is 13.2 Å². The second kappa shape index (κ2) is 9.51. The summed E-state index contributed by atoms with van der Waals surface area (Å²) in [6.07, 6.45) is -3.66. The van der Waals surface area contributed by atoms with Crippen molar-refractivity contribution in [3.8, 4) is 17.1 Å². The quantitative estimate of drug-likeness (QED) is 0.199. The van der Waals surface area contributed by atoms with Crippen molar-refractivity contribution in [2.75, 3.05) is 0 Å². The molecule has 2 aromatic heterocycles. The molecule has 6 rings (SSSR count). The summed E-state index contributed by atoms with van der Waals surface area (Å²) in [7, 11) is 0. The number of hydrogen-bond acceptors (Lipinski definition) is 5. The zero-order chi connectivity index (χ0) is 27.4. The third-order valence-electron chi connectivity index (χ3n) is 6.45. The third-order valence-corrected chi connectivity index (χ3v) is 7.10. The van der Waals surface area contributed by atoms with Gasteiger partial charge in [0, 0.05) is 33.2 Å². The molecule has 0 spiro atoms. The second-order valence-corrected chi connectivity index (χ2v) is 10.1. The molecule has 0 bridgehead atoms. The van der Waals surface area contributed by atoms with Crippen LogP contribution in [0.15, 0.2) is 84.1 Å². The van der Waals surface area contributed by atoms with Crippen molar-refractivity contribution in [2.24, 2.45) is 5.16 Å². The molecule has 3 heterocycles. The van der Waals surface area contributed by atoms with Crippen molar-refractivity contribution in [1.82, 2.24) is 20.0 Å². The van der Waals surface area contributed by atoms with Gasteiger partial charge in [0.05, 0.1) is 11.9 Å². The summed E-state index contributed by atoms with van der Waals surface area (Å²) < 4.78 is 45.0. The Balaban J connectivity index is 1.41. The van der Waals surface area contributed by atoms with E-state index in [1.54, 1.807) is 42.6 Å². The number of aromatic nitrogens is 4. The monoisotopic (exact) mass is 587 g/mol. The van der Waals surface area contributed by atoms with Crippen LogP contribution in [0.1, 0.15) is 17.5 Å².